The van der Waals surface area contributed by atoms with Crippen molar-refractivity contribution < 1.29 is 8.42 Å². The van der Waals surface area contributed by atoms with E-state index in [4.69, 9.17) is 0 Å². The smallest absolute Gasteiger partial charge is 0.257 e. The van der Waals surface area contributed by atoms with Crippen molar-refractivity contribution in [1.82, 2.24) is 14.7 Å². The van der Waals surface area contributed by atoms with Gasteiger partial charge in [-0.3, -0.25) is 0 Å². The lowest BCUT2D eigenvalue weighted by Gasteiger charge is -1.98. The van der Waals surface area contributed by atoms with E-state index in [1.165, 1.54) is 19.1 Å². The first-order valence-corrected chi connectivity index (χ1v) is 4.43. The number of aromatic amines is 1. The van der Waals surface area contributed by atoms with Gasteiger partial charge in [-0.15, -0.1) is 0 Å². The van der Waals surface area contributed by atoms with Crippen molar-refractivity contribution >= 4 is 10.0 Å². The molecule has 11 heavy (non-hydrogen) atoms. The topological polar surface area (TPSA) is 74.8 Å². The van der Waals surface area contributed by atoms with E-state index >= 15 is 0 Å². The van der Waals surface area contributed by atoms with Gasteiger partial charge in [0.15, 0.2) is 5.03 Å². The fraction of sp³-hybridized carbons (Fsp3) is 0.200. The Balaban J connectivity index is 2.92. The van der Waals surface area contributed by atoms with Crippen LogP contribution in [-0.2, 0) is 10.0 Å². The summed E-state index contributed by atoms with van der Waals surface area (Å²) < 4.78 is 24.4. The first-order valence-electron chi connectivity index (χ1n) is 2.95. The van der Waals surface area contributed by atoms with E-state index in [0.29, 0.717) is 0 Å². The summed E-state index contributed by atoms with van der Waals surface area (Å²) >= 11 is 0. The van der Waals surface area contributed by atoms with Gasteiger partial charge < -0.3 is 4.98 Å². The minimum atomic E-state index is -3.39. The second-order valence-corrected chi connectivity index (χ2v) is 3.51. The van der Waals surface area contributed by atoms with Crippen molar-refractivity contribution in [1.29, 1.82) is 0 Å². The van der Waals surface area contributed by atoms with Gasteiger partial charge in [-0.2, -0.15) is 0 Å². The Morgan fingerprint density at radius 2 is 2.45 bits per heavy atom. The van der Waals surface area contributed by atoms with Crippen LogP contribution in [0.3, 0.4) is 0 Å². The summed E-state index contributed by atoms with van der Waals surface area (Å²) in [5.74, 6) is 0. The van der Waals surface area contributed by atoms with Crippen LogP contribution < -0.4 is 4.72 Å². The van der Waals surface area contributed by atoms with Gasteiger partial charge in [0.1, 0.15) is 0 Å². The number of hydrogen-bond donors (Lipinski definition) is 2. The third-order valence-corrected chi connectivity index (χ3v) is 2.38. The summed E-state index contributed by atoms with van der Waals surface area (Å²) in [6, 6.07) is 0. The predicted octanol–water partition coefficient (Wildman–Crippen LogP) is -0.130. The molecule has 0 fully saturated rings. The fourth-order valence-corrected chi connectivity index (χ4v) is 1.45. The zero-order valence-corrected chi connectivity index (χ0v) is 6.72. The average Bonchev–Trinajstić information content (AvgIpc) is 2.37. The Kier molecular flexibility index (Phi) is 2.25. The molecule has 0 saturated heterocycles. The van der Waals surface area contributed by atoms with Crippen LogP contribution in [0.15, 0.2) is 17.6 Å². The number of nitrogens with zero attached hydrogens (tertiary/aromatic N) is 1. The largest absolute Gasteiger partial charge is 0.335 e. The van der Waals surface area contributed by atoms with Crippen LogP contribution in [0.4, 0.5) is 0 Å². The monoisotopic (exact) mass is 174 g/mol. The number of rotatable bonds is 3. The first kappa shape index (κ1) is 8.22. The highest BCUT2D eigenvalue weighted by Crippen LogP contribution is 2.00. The lowest BCUT2D eigenvalue weighted by molar-refractivity contribution is 0.585. The molecule has 0 unspecified atom stereocenters. The molecule has 0 saturated carbocycles. The van der Waals surface area contributed by atoms with E-state index in [1.807, 2.05) is 0 Å². The van der Waals surface area contributed by atoms with E-state index < -0.39 is 10.0 Å². The molecule has 0 aromatic carbocycles. The highest BCUT2D eigenvalue weighted by Gasteiger charge is 2.12. The van der Waals surface area contributed by atoms with Crippen molar-refractivity contribution in [3.63, 3.8) is 0 Å². The molecule has 0 aliphatic carbocycles. The van der Waals surface area contributed by atoms with E-state index in [9.17, 15) is 8.42 Å². The molecular weight excluding hydrogens is 166 g/mol. The second kappa shape index (κ2) is 3.02. The van der Waals surface area contributed by atoms with Crippen LogP contribution in [0.2, 0.25) is 0 Å². The molecular formula is C5H8N3O2S. The van der Waals surface area contributed by atoms with Crippen LogP contribution in [-0.4, -0.2) is 18.4 Å². The van der Waals surface area contributed by atoms with Crippen molar-refractivity contribution in [2.24, 2.45) is 0 Å². The summed E-state index contributed by atoms with van der Waals surface area (Å²) in [7, 11) is -3.39. The molecule has 0 bridgehead atoms. The second-order valence-electron chi connectivity index (χ2n) is 1.83. The third-order valence-electron chi connectivity index (χ3n) is 1.04. The van der Waals surface area contributed by atoms with E-state index in [0.717, 1.165) is 0 Å². The van der Waals surface area contributed by atoms with Crippen LogP contribution in [0.1, 0.15) is 6.92 Å². The summed E-state index contributed by atoms with van der Waals surface area (Å²) in [5, 5.41) is 0.0654. The number of H-pyrrole nitrogens is 1. The molecule has 1 aromatic heterocycles. The number of sulfonamides is 1. The van der Waals surface area contributed by atoms with Gasteiger partial charge in [0.05, 0.1) is 12.5 Å². The lowest BCUT2D eigenvalue weighted by atomic mass is 10.8. The highest BCUT2D eigenvalue weighted by molar-refractivity contribution is 7.89. The van der Waals surface area contributed by atoms with Crippen molar-refractivity contribution in [3.8, 4) is 0 Å². The molecule has 6 heteroatoms. The maximum Gasteiger partial charge on any atom is 0.257 e. The Morgan fingerprint density at radius 1 is 1.73 bits per heavy atom. The maximum absolute atomic E-state index is 11.1. The molecule has 0 amide bonds. The zero-order valence-electron chi connectivity index (χ0n) is 5.90. The summed E-state index contributed by atoms with van der Waals surface area (Å²) in [6.07, 6.45) is 2.55. The SMILES string of the molecule is C[CH]NS(=O)(=O)c1cnc[nH]1. The highest BCUT2D eigenvalue weighted by atomic mass is 32.2. The van der Waals surface area contributed by atoms with Crippen molar-refractivity contribution in [3.05, 3.63) is 19.1 Å². The van der Waals surface area contributed by atoms with Crippen LogP contribution in [0, 0.1) is 6.54 Å². The Morgan fingerprint density at radius 3 is 2.91 bits per heavy atom. The zero-order chi connectivity index (χ0) is 8.32. The maximum atomic E-state index is 11.1. The molecule has 0 spiro atoms. The third kappa shape index (κ3) is 1.78. The van der Waals surface area contributed by atoms with Crippen molar-refractivity contribution in [2.45, 2.75) is 11.9 Å². The average molecular weight is 174 g/mol. The molecule has 1 aromatic rings. The predicted molar refractivity (Wildman–Crippen MR) is 38.9 cm³/mol. The van der Waals surface area contributed by atoms with E-state index in [-0.39, 0.29) is 5.03 Å². The van der Waals surface area contributed by atoms with Gasteiger partial charge >= 0.3 is 0 Å². The van der Waals surface area contributed by atoms with Gasteiger partial charge in [-0.05, 0) is 6.92 Å². The molecule has 0 atom stereocenters. The molecule has 2 N–H and O–H groups in total. The lowest BCUT2D eigenvalue weighted by Crippen LogP contribution is -2.19. The fourth-order valence-electron chi connectivity index (χ4n) is 0.609. The summed E-state index contributed by atoms with van der Waals surface area (Å²) in [4.78, 5) is 6.06. The summed E-state index contributed by atoms with van der Waals surface area (Å²) in [6.45, 7) is 2.93. The Labute approximate surface area is 64.9 Å². The Hall–Kier alpha value is -0.880. The molecule has 0 aliphatic rings. The number of hydrogen-bond acceptors (Lipinski definition) is 3. The van der Waals surface area contributed by atoms with Crippen LogP contribution >= 0.6 is 0 Å². The van der Waals surface area contributed by atoms with Crippen molar-refractivity contribution in [2.75, 3.05) is 0 Å². The molecule has 1 rings (SSSR count). The molecule has 5 nitrogen and oxygen atoms in total. The quantitative estimate of drug-likeness (QED) is 0.670. The van der Waals surface area contributed by atoms with Crippen LogP contribution in [0.5, 0.6) is 0 Å². The first-order chi connectivity index (χ1) is 5.17. The molecule has 61 valence electrons. The summed E-state index contributed by atoms with van der Waals surface area (Å²) in [5.41, 5.74) is 0. The molecule has 0 aliphatic heterocycles. The number of aromatic nitrogens is 2. The normalized spacial score (nSPS) is 11.7. The van der Waals surface area contributed by atoms with Crippen LogP contribution in [0.25, 0.3) is 0 Å². The van der Waals surface area contributed by atoms with Gasteiger partial charge in [0, 0.05) is 6.54 Å². The van der Waals surface area contributed by atoms with E-state index in [1.54, 1.807) is 6.92 Å². The standard InChI is InChI=1S/C5H8N3O2S/c1-2-8-11(9,10)5-3-6-4-7-5/h2-4,8H,1H3,(H,6,7). The minimum Gasteiger partial charge on any atom is -0.335 e. The molecule has 1 heterocycles. The van der Waals surface area contributed by atoms with Gasteiger partial charge in [0.25, 0.3) is 10.0 Å². The number of imidazole rings is 1. The molecule has 1 radical (unpaired) electrons. The minimum absolute atomic E-state index is 0.0654. The van der Waals surface area contributed by atoms with Gasteiger partial charge in [-0.25, -0.2) is 18.1 Å². The number of nitrogens with one attached hydrogen (secondary N) is 2. The van der Waals surface area contributed by atoms with Gasteiger partial charge in [0.2, 0.25) is 0 Å². The van der Waals surface area contributed by atoms with E-state index in [2.05, 4.69) is 14.7 Å². The van der Waals surface area contributed by atoms with Gasteiger partial charge in [-0.1, -0.05) is 0 Å². The Bertz CT molecular complexity index is 302.